The van der Waals surface area contributed by atoms with E-state index in [0.717, 1.165) is 13.3 Å². The van der Waals surface area contributed by atoms with E-state index in [1.807, 2.05) is 0 Å². The SMILES string of the molecule is C[C@@H](C1CCCCC1)C(O)(C(F)(F)F)C(F)(F)F. The van der Waals surface area contributed by atoms with E-state index >= 15 is 0 Å². The van der Waals surface area contributed by atoms with Crippen LogP contribution in [0.3, 0.4) is 0 Å². The van der Waals surface area contributed by atoms with Gasteiger partial charge in [-0.2, -0.15) is 26.3 Å². The average Bonchev–Trinajstić information content (AvgIpc) is 2.25. The number of rotatable bonds is 2. The Hall–Kier alpha value is -0.460. The molecule has 0 aromatic heterocycles. The minimum Gasteiger partial charge on any atom is -0.373 e. The van der Waals surface area contributed by atoms with Crippen molar-refractivity contribution >= 4 is 0 Å². The molecule has 7 heteroatoms. The Balaban J connectivity index is 3.03. The van der Waals surface area contributed by atoms with E-state index in [-0.39, 0.29) is 0 Å². The van der Waals surface area contributed by atoms with Gasteiger partial charge < -0.3 is 5.11 Å². The van der Waals surface area contributed by atoms with Crippen LogP contribution in [0.2, 0.25) is 0 Å². The van der Waals surface area contributed by atoms with Crippen LogP contribution in [0.1, 0.15) is 39.0 Å². The molecule has 0 saturated heterocycles. The lowest BCUT2D eigenvalue weighted by Gasteiger charge is -2.41. The van der Waals surface area contributed by atoms with Gasteiger partial charge in [-0.3, -0.25) is 0 Å². The molecule has 1 aliphatic carbocycles. The van der Waals surface area contributed by atoms with Crippen LogP contribution < -0.4 is 0 Å². The van der Waals surface area contributed by atoms with Crippen LogP contribution in [0.25, 0.3) is 0 Å². The molecule has 0 radical (unpaired) electrons. The summed E-state index contributed by atoms with van der Waals surface area (Å²) >= 11 is 0. The van der Waals surface area contributed by atoms with Crippen LogP contribution in [0, 0.1) is 11.8 Å². The second-order valence-electron chi connectivity index (χ2n) is 4.95. The Morgan fingerprint density at radius 1 is 0.889 bits per heavy atom. The van der Waals surface area contributed by atoms with Crippen molar-refractivity contribution in [2.24, 2.45) is 11.8 Å². The standard InChI is InChI=1S/C11H16F6O/c1-7(8-5-3-2-4-6-8)9(18,10(12,13)14)11(15,16)17/h7-8,18H,2-6H2,1H3/t7-/m0/s1. The van der Waals surface area contributed by atoms with Crippen molar-refractivity contribution in [3.63, 3.8) is 0 Å². The summed E-state index contributed by atoms with van der Waals surface area (Å²) in [4.78, 5) is 0. The molecular weight excluding hydrogens is 262 g/mol. The summed E-state index contributed by atoms with van der Waals surface area (Å²) in [5.41, 5.74) is -4.61. The van der Waals surface area contributed by atoms with Gasteiger partial charge in [0.15, 0.2) is 0 Å². The smallest absolute Gasteiger partial charge is 0.373 e. The Kier molecular flexibility index (Phi) is 4.25. The van der Waals surface area contributed by atoms with Gasteiger partial charge >= 0.3 is 12.4 Å². The van der Waals surface area contributed by atoms with Crippen molar-refractivity contribution in [3.8, 4) is 0 Å². The molecule has 1 aliphatic rings. The van der Waals surface area contributed by atoms with Gasteiger partial charge in [0.1, 0.15) is 0 Å². The molecule has 1 atom stereocenters. The molecule has 108 valence electrons. The van der Waals surface area contributed by atoms with E-state index in [4.69, 9.17) is 0 Å². The molecule has 0 aromatic carbocycles. The number of alkyl halides is 6. The minimum absolute atomic E-state index is 0.301. The van der Waals surface area contributed by atoms with Gasteiger partial charge in [0.25, 0.3) is 5.60 Å². The Morgan fingerprint density at radius 2 is 1.28 bits per heavy atom. The summed E-state index contributed by atoms with van der Waals surface area (Å²) in [5, 5.41) is 9.26. The summed E-state index contributed by atoms with van der Waals surface area (Å²) in [7, 11) is 0. The van der Waals surface area contributed by atoms with Crippen LogP contribution in [-0.4, -0.2) is 23.1 Å². The van der Waals surface area contributed by atoms with Crippen molar-refractivity contribution in [2.45, 2.75) is 57.0 Å². The van der Waals surface area contributed by atoms with Gasteiger partial charge in [0, 0.05) is 5.92 Å². The molecule has 0 bridgehead atoms. The third-order valence-corrected chi connectivity index (χ3v) is 3.88. The molecule has 0 unspecified atom stereocenters. The van der Waals surface area contributed by atoms with E-state index in [2.05, 4.69) is 0 Å². The van der Waals surface area contributed by atoms with E-state index in [0.29, 0.717) is 25.7 Å². The fraction of sp³-hybridized carbons (Fsp3) is 1.00. The highest BCUT2D eigenvalue weighted by atomic mass is 19.4. The molecule has 0 aliphatic heterocycles. The number of hydrogen-bond donors (Lipinski definition) is 1. The molecular formula is C11H16F6O. The summed E-state index contributed by atoms with van der Waals surface area (Å²) in [6.45, 7) is 0.844. The molecule has 0 amide bonds. The van der Waals surface area contributed by atoms with Gasteiger partial charge in [-0.05, 0) is 5.92 Å². The van der Waals surface area contributed by atoms with Crippen molar-refractivity contribution in [2.75, 3.05) is 0 Å². The second-order valence-corrected chi connectivity index (χ2v) is 4.95. The first kappa shape index (κ1) is 15.6. The molecule has 1 rings (SSSR count). The molecule has 1 fully saturated rings. The zero-order chi connectivity index (χ0) is 14.2. The Labute approximate surface area is 101 Å². The maximum atomic E-state index is 12.6. The molecule has 0 heterocycles. The largest absolute Gasteiger partial charge is 0.426 e. The van der Waals surface area contributed by atoms with E-state index in [9.17, 15) is 31.4 Å². The van der Waals surface area contributed by atoms with Crippen LogP contribution in [0.5, 0.6) is 0 Å². The first-order valence-electron chi connectivity index (χ1n) is 5.87. The van der Waals surface area contributed by atoms with Gasteiger partial charge in [0.05, 0.1) is 0 Å². The van der Waals surface area contributed by atoms with E-state index < -0.39 is 29.8 Å². The third-order valence-electron chi connectivity index (χ3n) is 3.88. The van der Waals surface area contributed by atoms with Gasteiger partial charge in [-0.25, -0.2) is 0 Å². The van der Waals surface area contributed by atoms with Gasteiger partial charge in [0.2, 0.25) is 0 Å². The van der Waals surface area contributed by atoms with Crippen molar-refractivity contribution in [3.05, 3.63) is 0 Å². The Morgan fingerprint density at radius 3 is 1.61 bits per heavy atom. The summed E-state index contributed by atoms with van der Waals surface area (Å²) in [6, 6.07) is 0. The van der Waals surface area contributed by atoms with Crippen LogP contribution in [0.15, 0.2) is 0 Å². The summed E-state index contributed by atoms with van der Waals surface area (Å²) in [6.07, 6.45) is -8.77. The predicted molar refractivity (Wildman–Crippen MR) is 52.8 cm³/mol. The third kappa shape index (κ3) is 2.60. The number of hydrogen-bond acceptors (Lipinski definition) is 1. The van der Waals surface area contributed by atoms with E-state index in [1.165, 1.54) is 0 Å². The molecule has 0 aromatic rings. The van der Waals surface area contributed by atoms with Crippen molar-refractivity contribution in [1.29, 1.82) is 0 Å². The predicted octanol–water partition coefficient (Wildman–Crippen LogP) is 4.06. The average molecular weight is 278 g/mol. The molecule has 1 nitrogen and oxygen atoms in total. The highest BCUT2D eigenvalue weighted by molar-refractivity contribution is 5.00. The quantitative estimate of drug-likeness (QED) is 0.755. The van der Waals surface area contributed by atoms with Crippen LogP contribution >= 0.6 is 0 Å². The van der Waals surface area contributed by atoms with Crippen molar-refractivity contribution in [1.82, 2.24) is 0 Å². The van der Waals surface area contributed by atoms with E-state index in [1.54, 1.807) is 0 Å². The number of halogens is 6. The summed E-state index contributed by atoms with van der Waals surface area (Å²) in [5.74, 6) is -2.62. The van der Waals surface area contributed by atoms with Crippen LogP contribution in [0.4, 0.5) is 26.3 Å². The highest BCUT2D eigenvalue weighted by Crippen LogP contribution is 2.51. The molecule has 0 spiro atoms. The molecule has 1 N–H and O–H groups in total. The first-order valence-corrected chi connectivity index (χ1v) is 5.87. The maximum absolute atomic E-state index is 12.6. The second kappa shape index (κ2) is 4.90. The van der Waals surface area contributed by atoms with Crippen LogP contribution in [-0.2, 0) is 0 Å². The monoisotopic (exact) mass is 278 g/mol. The maximum Gasteiger partial charge on any atom is 0.426 e. The first-order chi connectivity index (χ1) is 8.02. The molecule has 18 heavy (non-hydrogen) atoms. The van der Waals surface area contributed by atoms with Gasteiger partial charge in [-0.1, -0.05) is 39.0 Å². The summed E-state index contributed by atoms with van der Waals surface area (Å²) < 4.78 is 75.8. The topological polar surface area (TPSA) is 20.2 Å². The lowest BCUT2D eigenvalue weighted by atomic mass is 9.72. The fourth-order valence-corrected chi connectivity index (χ4v) is 2.65. The number of aliphatic hydroxyl groups is 1. The zero-order valence-electron chi connectivity index (χ0n) is 9.91. The highest BCUT2D eigenvalue weighted by Gasteiger charge is 2.73. The van der Waals surface area contributed by atoms with Crippen molar-refractivity contribution < 1.29 is 31.4 Å². The minimum atomic E-state index is -5.71. The lowest BCUT2D eigenvalue weighted by molar-refractivity contribution is -0.388. The molecule has 1 saturated carbocycles. The van der Waals surface area contributed by atoms with Gasteiger partial charge in [-0.15, -0.1) is 0 Å². The Bertz CT molecular complexity index is 262. The fourth-order valence-electron chi connectivity index (χ4n) is 2.65. The normalized spacial score (nSPS) is 22.0. The zero-order valence-corrected chi connectivity index (χ0v) is 9.91. The lowest BCUT2D eigenvalue weighted by Crippen LogP contribution is -2.62.